The van der Waals surface area contributed by atoms with Crippen LogP contribution in [0, 0.1) is 46.3 Å². The maximum absolute atomic E-state index is 10.2. The zero-order valence-corrected chi connectivity index (χ0v) is 20.1. The van der Waals surface area contributed by atoms with Crippen molar-refractivity contribution in [1.82, 2.24) is 0 Å². The lowest BCUT2D eigenvalue weighted by Crippen LogP contribution is -2.51. The van der Waals surface area contributed by atoms with Crippen LogP contribution in [0.1, 0.15) is 112 Å². The van der Waals surface area contributed by atoms with Gasteiger partial charge in [-0.2, -0.15) is 0 Å². The lowest BCUT2D eigenvalue weighted by molar-refractivity contribution is -0.0682. The summed E-state index contributed by atoms with van der Waals surface area (Å²) in [6.45, 7) is 12.4. The Bertz CT molecular complexity index is 605. The van der Waals surface area contributed by atoms with Crippen LogP contribution in [0.4, 0.5) is 0 Å². The first-order valence-corrected chi connectivity index (χ1v) is 13.2. The quantitative estimate of drug-likeness (QED) is 0.451. The standard InChI is InChI=1S/C28H48O/c1-6-28-17-15-25-23(11-10-21-18-22(29)14-16-27(21,25)5)26(28)13-12-24(28)20(4)9-7-8-19(2)3/h10,19-20,22-26,29H,6-9,11-18H2,1-5H3/t20-,22+,23-,24-,25+,26+,27+,28-/m1/s1. The summed E-state index contributed by atoms with van der Waals surface area (Å²) in [6, 6.07) is 0. The first kappa shape index (κ1) is 21.9. The average molecular weight is 401 g/mol. The van der Waals surface area contributed by atoms with Gasteiger partial charge in [0.25, 0.3) is 0 Å². The minimum absolute atomic E-state index is 0.0771. The van der Waals surface area contributed by atoms with Gasteiger partial charge in [0.1, 0.15) is 0 Å². The van der Waals surface area contributed by atoms with Crippen LogP contribution in [0.2, 0.25) is 0 Å². The zero-order chi connectivity index (χ0) is 20.8. The highest BCUT2D eigenvalue weighted by atomic mass is 16.3. The molecule has 4 aliphatic rings. The Kier molecular flexibility index (Phi) is 6.29. The maximum Gasteiger partial charge on any atom is 0.0577 e. The van der Waals surface area contributed by atoms with Crippen LogP contribution in [-0.2, 0) is 0 Å². The number of hydrogen-bond acceptors (Lipinski definition) is 1. The summed E-state index contributed by atoms with van der Waals surface area (Å²) in [5.41, 5.74) is 2.65. The van der Waals surface area contributed by atoms with E-state index in [9.17, 15) is 5.11 Å². The molecule has 1 N–H and O–H groups in total. The number of allylic oxidation sites excluding steroid dienone is 1. The van der Waals surface area contributed by atoms with Crippen LogP contribution in [0.5, 0.6) is 0 Å². The molecule has 1 heteroatoms. The van der Waals surface area contributed by atoms with Crippen molar-refractivity contribution in [3.05, 3.63) is 11.6 Å². The van der Waals surface area contributed by atoms with E-state index in [4.69, 9.17) is 0 Å². The van der Waals surface area contributed by atoms with E-state index in [0.29, 0.717) is 10.8 Å². The fourth-order valence-corrected chi connectivity index (χ4v) is 9.09. The first-order chi connectivity index (χ1) is 13.8. The van der Waals surface area contributed by atoms with Gasteiger partial charge in [0.15, 0.2) is 0 Å². The number of rotatable bonds is 6. The minimum Gasteiger partial charge on any atom is -0.393 e. The van der Waals surface area contributed by atoms with Crippen molar-refractivity contribution in [3.63, 3.8) is 0 Å². The summed E-state index contributed by atoms with van der Waals surface area (Å²) in [7, 11) is 0. The van der Waals surface area contributed by atoms with Crippen LogP contribution in [0.25, 0.3) is 0 Å². The Hall–Kier alpha value is -0.300. The summed E-state index contributed by atoms with van der Waals surface area (Å²) in [4.78, 5) is 0. The first-order valence-electron chi connectivity index (χ1n) is 13.2. The predicted octanol–water partition coefficient (Wildman–Crippen LogP) is 7.78. The molecule has 166 valence electrons. The second kappa shape index (κ2) is 8.33. The molecule has 0 amide bonds. The fraction of sp³-hybridized carbons (Fsp3) is 0.929. The van der Waals surface area contributed by atoms with Gasteiger partial charge >= 0.3 is 0 Å². The molecule has 0 spiro atoms. The van der Waals surface area contributed by atoms with Crippen molar-refractivity contribution in [2.75, 3.05) is 0 Å². The van der Waals surface area contributed by atoms with Crippen molar-refractivity contribution < 1.29 is 5.11 Å². The smallest absolute Gasteiger partial charge is 0.0577 e. The highest BCUT2D eigenvalue weighted by Crippen LogP contribution is 2.68. The van der Waals surface area contributed by atoms with Gasteiger partial charge in [0.05, 0.1) is 6.10 Å². The molecule has 0 aromatic heterocycles. The Morgan fingerprint density at radius 1 is 1.03 bits per heavy atom. The van der Waals surface area contributed by atoms with Crippen molar-refractivity contribution in [1.29, 1.82) is 0 Å². The van der Waals surface area contributed by atoms with Crippen molar-refractivity contribution in [2.24, 2.45) is 46.3 Å². The largest absolute Gasteiger partial charge is 0.393 e. The van der Waals surface area contributed by atoms with E-state index >= 15 is 0 Å². The van der Waals surface area contributed by atoms with E-state index in [1.54, 1.807) is 5.57 Å². The molecule has 8 atom stereocenters. The van der Waals surface area contributed by atoms with Crippen molar-refractivity contribution >= 4 is 0 Å². The average Bonchev–Trinajstić information content (AvgIpc) is 3.08. The van der Waals surface area contributed by atoms with Gasteiger partial charge in [-0.15, -0.1) is 0 Å². The van der Waals surface area contributed by atoms with Gasteiger partial charge in [0.2, 0.25) is 0 Å². The van der Waals surface area contributed by atoms with Crippen molar-refractivity contribution in [2.45, 2.75) is 118 Å². The van der Waals surface area contributed by atoms with Crippen LogP contribution < -0.4 is 0 Å². The second-order valence-electron chi connectivity index (χ2n) is 12.3. The van der Waals surface area contributed by atoms with Crippen LogP contribution >= 0.6 is 0 Å². The summed E-state index contributed by atoms with van der Waals surface area (Å²) in [5, 5.41) is 10.2. The summed E-state index contributed by atoms with van der Waals surface area (Å²) in [5.74, 6) is 5.50. The molecule has 0 aromatic carbocycles. The van der Waals surface area contributed by atoms with E-state index in [2.05, 4.69) is 40.7 Å². The molecule has 0 aliphatic heterocycles. The van der Waals surface area contributed by atoms with E-state index in [-0.39, 0.29) is 6.10 Å². The zero-order valence-electron chi connectivity index (χ0n) is 20.1. The lowest BCUT2D eigenvalue weighted by atomic mass is 9.46. The van der Waals surface area contributed by atoms with Gasteiger partial charge in [-0.1, -0.05) is 65.5 Å². The Morgan fingerprint density at radius 2 is 1.83 bits per heavy atom. The fourth-order valence-electron chi connectivity index (χ4n) is 9.09. The number of aliphatic hydroxyl groups excluding tert-OH is 1. The molecule has 0 unspecified atom stereocenters. The molecule has 29 heavy (non-hydrogen) atoms. The Labute approximate surface area is 181 Å². The van der Waals surface area contributed by atoms with Gasteiger partial charge in [0, 0.05) is 0 Å². The molecular weight excluding hydrogens is 352 g/mol. The van der Waals surface area contributed by atoms with E-state index in [1.807, 2.05) is 0 Å². The number of aliphatic hydroxyl groups is 1. The van der Waals surface area contributed by atoms with Crippen LogP contribution in [0.15, 0.2) is 11.6 Å². The SMILES string of the molecule is CC[C@]12CC[C@H]3[C@@H](CC=C4C[C@@H](O)CC[C@@]43C)[C@@H]1CC[C@@H]2[C@H](C)CCCC(C)C. The van der Waals surface area contributed by atoms with Crippen LogP contribution in [0.3, 0.4) is 0 Å². The molecule has 4 aliphatic carbocycles. The predicted molar refractivity (Wildman–Crippen MR) is 124 cm³/mol. The Morgan fingerprint density at radius 3 is 2.55 bits per heavy atom. The summed E-state index contributed by atoms with van der Waals surface area (Å²) < 4.78 is 0. The summed E-state index contributed by atoms with van der Waals surface area (Å²) in [6.07, 6.45) is 18.7. The van der Waals surface area contributed by atoms with E-state index in [1.165, 1.54) is 64.2 Å². The minimum atomic E-state index is -0.0771. The molecular formula is C28H48O. The molecule has 3 fully saturated rings. The molecule has 0 heterocycles. The molecule has 0 radical (unpaired) electrons. The molecule has 0 saturated heterocycles. The van der Waals surface area contributed by atoms with Gasteiger partial charge in [-0.3, -0.25) is 0 Å². The third-order valence-corrected chi connectivity index (χ3v) is 10.6. The van der Waals surface area contributed by atoms with E-state index in [0.717, 1.165) is 48.3 Å². The molecule has 0 aromatic rings. The van der Waals surface area contributed by atoms with Crippen LogP contribution in [-0.4, -0.2) is 11.2 Å². The lowest BCUT2D eigenvalue weighted by Gasteiger charge is -2.59. The van der Waals surface area contributed by atoms with Gasteiger partial charge in [-0.25, -0.2) is 0 Å². The van der Waals surface area contributed by atoms with E-state index < -0.39 is 0 Å². The normalized spacial score (nSPS) is 45.3. The topological polar surface area (TPSA) is 20.2 Å². The van der Waals surface area contributed by atoms with Crippen molar-refractivity contribution in [3.8, 4) is 0 Å². The number of hydrogen-bond donors (Lipinski definition) is 1. The molecule has 3 saturated carbocycles. The summed E-state index contributed by atoms with van der Waals surface area (Å²) >= 11 is 0. The molecule has 1 nitrogen and oxygen atoms in total. The second-order valence-corrected chi connectivity index (χ2v) is 12.3. The van der Waals surface area contributed by atoms with Gasteiger partial charge in [-0.05, 0) is 104 Å². The highest BCUT2D eigenvalue weighted by Gasteiger charge is 2.60. The highest BCUT2D eigenvalue weighted by molar-refractivity contribution is 5.25. The van der Waals surface area contributed by atoms with Gasteiger partial charge < -0.3 is 5.11 Å². The molecule has 4 rings (SSSR count). The number of fused-ring (bicyclic) bond motifs is 5. The molecule has 0 bridgehead atoms. The monoisotopic (exact) mass is 400 g/mol. The maximum atomic E-state index is 10.2. The third-order valence-electron chi connectivity index (χ3n) is 10.6. The Balaban J connectivity index is 1.53. The third kappa shape index (κ3) is 3.66.